The summed E-state index contributed by atoms with van der Waals surface area (Å²) in [6.45, 7) is 0. The molecular formula is C19H31N5OS. The van der Waals surface area contributed by atoms with Gasteiger partial charge in [0.1, 0.15) is 0 Å². The van der Waals surface area contributed by atoms with Gasteiger partial charge in [0.05, 0.1) is 5.75 Å². The molecule has 3 aliphatic rings. The number of hydrogen-bond donors (Lipinski definition) is 1. The first-order valence-electron chi connectivity index (χ1n) is 10.4. The van der Waals surface area contributed by atoms with Crippen LogP contribution in [0.5, 0.6) is 0 Å². The van der Waals surface area contributed by atoms with Crippen LogP contribution < -0.4 is 5.73 Å². The Morgan fingerprint density at radius 3 is 2.08 bits per heavy atom. The lowest BCUT2D eigenvalue weighted by molar-refractivity contribution is -0.135. The minimum atomic E-state index is 0.290. The highest BCUT2D eigenvalue weighted by atomic mass is 32.2. The van der Waals surface area contributed by atoms with Crippen LogP contribution in [-0.4, -0.2) is 43.4 Å². The molecule has 0 bridgehead atoms. The summed E-state index contributed by atoms with van der Waals surface area (Å²) in [7, 11) is 0. The molecule has 1 aromatic rings. The van der Waals surface area contributed by atoms with Crippen LogP contribution >= 0.6 is 11.8 Å². The van der Waals surface area contributed by atoms with Crippen LogP contribution in [0.3, 0.4) is 0 Å². The number of nitrogens with zero attached hydrogens (tertiary/aromatic N) is 4. The van der Waals surface area contributed by atoms with Crippen LogP contribution in [0, 0.1) is 0 Å². The van der Waals surface area contributed by atoms with E-state index >= 15 is 0 Å². The Labute approximate surface area is 160 Å². The number of aromatic nitrogens is 3. The summed E-state index contributed by atoms with van der Waals surface area (Å²) in [4.78, 5) is 15.5. The molecule has 3 saturated carbocycles. The zero-order valence-corrected chi connectivity index (χ0v) is 16.4. The van der Waals surface area contributed by atoms with Crippen LogP contribution in [0.2, 0.25) is 0 Å². The second-order valence-corrected chi connectivity index (χ2v) is 9.06. The molecule has 0 aliphatic heterocycles. The molecule has 0 atom stereocenters. The summed E-state index contributed by atoms with van der Waals surface area (Å²) in [5.74, 6) is 1.23. The number of amides is 1. The lowest BCUT2D eigenvalue weighted by atomic mass is 9.88. The zero-order chi connectivity index (χ0) is 17.9. The van der Waals surface area contributed by atoms with Crippen LogP contribution in [0.1, 0.15) is 83.1 Å². The highest BCUT2D eigenvalue weighted by Gasteiger charge is 2.33. The highest BCUT2D eigenvalue weighted by molar-refractivity contribution is 7.99. The second kappa shape index (κ2) is 8.19. The van der Waals surface area contributed by atoms with Gasteiger partial charge in [-0.05, 0) is 38.5 Å². The fourth-order valence-corrected chi connectivity index (χ4v) is 5.57. The average Bonchev–Trinajstić information content (AvgIpc) is 3.44. The monoisotopic (exact) mass is 377 g/mol. The van der Waals surface area contributed by atoms with Gasteiger partial charge in [-0.15, -0.1) is 10.2 Å². The molecule has 6 nitrogen and oxygen atoms in total. The first-order chi connectivity index (χ1) is 12.7. The van der Waals surface area contributed by atoms with Gasteiger partial charge in [0.2, 0.25) is 11.9 Å². The van der Waals surface area contributed by atoms with Gasteiger partial charge in [-0.3, -0.25) is 9.36 Å². The van der Waals surface area contributed by atoms with E-state index in [1.165, 1.54) is 76.0 Å². The van der Waals surface area contributed by atoms with E-state index < -0.39 is 0 Å². The minimum Gasteiger partial charge on any atom is -0.368 e. The van der Waals surface area contributed by atoms with E-state index in [1.807, 2.05) is 4.57 Å². The topological polar surface area (TPSA) is 77.0 Å². The first kappa shape index (κ1) is 18.1. The summed E-state index contributed by atoms with van der Waals surface area (Å²) >= 11 is 1.52. The summed E-state index contributed by atoms with van der Waals surface area (Å²) in [6.07, 6.45) is 14.7. The molecule has 26 heavy (non-hydrogen) atoms. The first-order valence-corrected chi connectivity index (χ1v) is 11.4. The number of hydrogen-bond acceptors (Lipinski definition) is 5. The third-order valence-corrected chi connectivity index (χ3v) is 7.08. The molecule has 1 heterocycles. The van der Waals surface area contributed by atoms with Crippen molar-refractivity contribution in [3.8, 4) is 0 Å². The Morgan fingerprint density at radius 1 is 0.962 bits per heavy atom. The van der Waals surface area contributed by atoms with Gasteiger partial charge in [0, 0.05) is 18.1 Å². The predicted octanol–water partition coefficient (Wildman–Crippen LogP) is 3.78. The van der Waals surface area contributed by atoms with E-state index in [4.69, 9.17) is 5.73 Å². The predicted molar refractivity (Wildman–Crippen MR) is 104 cm³/mol. The maximum Gasteiger partial charge on any atom is 0.233 e. The molecule has 0 unspecified atom stereocenters. The maximum absolute atomic E-state index is 13.2. The fourth-order valence-electron chi connectivity index (χ4n) is 4.69. The van der Waals surface area contributed by atoms with Crippen molar-refractivity contribution in [1.82, 2.24) is 19.7 Å². The smallest absolute Gasteiger partial charge is 0.233 e. The zero-order valence-electron chi connectivity index (χ0n) is 15.6. The van der Waals surface area contributed by atoms with Crippen LogP contribution in [0.15, 0.2) is 5.16 Å². The number of rotatable bonds is 6. The van der Waals surface area contributed by atoms with E-state index in [-0.39, 0.29) is 5.91 Å². The molecule has 3 aliphatic carbocycles. The lowest BCUT2D eigenvalue weighted by Crippen LogP contribution is -2.49. The Morgan fingerprint density at radius 2 is 1.54 bits per heavy atom. The largest absolute Gasteiger partial charge is 0.368 e. The molecule has 1 aromatic heterocycles. The number of carbonyl (C=O) groups is 1. The molecule has 3 fully saturated rings. The third kappa shape index (κ3) is 4.02. The van der Waals surface area contributed by atoms with E-state index in [0.29, 0.717) is 29.8 Å². The molecule has 0 saturated heterocycles. The summed E-state index contributed by atoms with van der Waals surface area (Å²) in [5, 5.41) is 9.05. The Hall–Kier alpha value is -1.24. The van der Waals surface area contributed by atoms with Crippen molar-refractivity contribution in [2.24, 2.45) is 0 Å². The molecular weight excluding hydrogens is 346 g/mol. The lowest BCUT2D eigenvalue weighted by Gasteiger charge is -2.41. The van der Waals surface area contributed by atoms with Crippen molar-refractivity contribution in [2.45, 2.75) is 100 Å². The fraction of sp³-hybridized carbons (Fsp3) is 0.842. The molecule has 144 valence electrons. The molecule has 0 spiro atoms. The van der Waals surface area contributed by atoms with Crippen molar-refractivity contribution < 1.29 is 4.79 Å². The van der Waals surface area contributed by atoms with E-state index in [0.717, 1.165) is 18.0 Å². The minimum absolute atomic E-state index is 0.290. The quantitative estimate of drug-likeness (QED) is 0.763. The number of carbonyl (C=O) groups excluding carboxylic acids is 1. The average molecular weight is 378 g/mol. The van der Waals surface area contributed by atoms with E-state index in [2.05, 4.69) is 15.1 Å². The van der Waals surface area contributed by atoms with Crippen molar-refractivity contribution in [3.05, 3.63) is 0 Å². The highest BCUT2D eigenvalue weighted by Crippen LogP contribution is 2.39. The van der Waals surface area contributed by atoms with Crippen molar-refractivity contribution >= 4 is 23.6 Å². The third-order valence-electron chi connectivity index (χ3n) is 6.15. The van der Waals surface area contributed by atoms with Crippen LogP contribution in [0.4, 0.5) is 5.95 Å². The van der Waals surface area contributed by atoms with Gasteiger partial charge in [-0.2, -0.15) is 0 Å². The summed E-state index contributed by atoms with van der Waals surface area (Å²) in [6, 6.07) is 1.34. The van der Waals surface area contributed by atoms with E-state index in [1.54, 1.807) is 0 Å². The second-order valence-electron chi connectivity index (χ2n) is 8.12. The summed E-state index contributed by atoms with van der Waals surface area (Å²) < 4.78 is 2.02. The maximum atomic E-state index is 13.2. The Kier molecular flexibility index (Phi) is 5.72. The molecule has 0 aromatic carbocycles. The van der Waals surface area contributed by atoms with E-state index in [9.17, 15) is 4.79 Å². The normalized spacial score (nSPS) is 22.5. The van der Waals surface area contributed by atoms with Gasteiger partial charge in [0.25, 0.3) is 0 Å². The van der Waals surface area contributed by atoms with Gasteiger partial charge in [-0.1, -0.05) is 50.3 Å². The van der Waals surface area contributed by atoms with Gasteiger partial charge in [0.15, 0.2) is 5.16 Å². The SMILES string of the molecule is Nc1nnc(SCC(=O)N(C2CCCCC2)C2CCCCC2)n1C1CC1. The number of thioether (sulfide) groups is 1. The van der Waals surface area contributed by atoms with Crippen molar-refractivity contribution in [1.29, 1.82) is 0 Å². The van der Waals surface area contributed by atoms with Gasteiger partial charge < -0.3 is 10.6 Å². The van der Waals surface area contributed by atoms with Gasteiger partial charge in [-0.25, -0.2) is 0 Å². The number of nitrogens with two attached hydrogens (primary N) is 1. The van der Waals surface area contributed by atoms with Gasteiger partial charge >= 0.3 is 0 Å². The molecule has 4 rings (SSSR count). The number of nitrogen functional groups attached to an aromatic ring is 1. The molecule has 0 radical (unpaired) electrons. The van der Waals surface area contributed by atoms with Crippen LogP contribution in [0.25, 0.3) is 0 Å². The standard InChI is InChI=1S/C19H31N5OS/c20-18-21-22-19(24(18)16-11-12-16)26-13-17(25)23(14-7-3-1-4-8-14)15-9-5-2-6-10-15/h14-16H,1-13H2,(H2,20,21). The number of anilines is 1. The van der Waals surface area contributed by atoms with Crippen LogP contribution in [-0.2, 0) is 4.79 Å². The van der Waals surface area contributed by atoms with Crippen molar-refractivity contribution in [2.75, 3.05) is 11.5 Å². The Balaban J connectivity index is 1.43. The molecule has 2 N–H and O–H groups in total. The summed E-state index contributed by atoms with van der Waals surface area (Å²) in [5.41, 5.74) is 5.96. The molecule has 7 heteroatoms. The van der Waals surface area contributed by atoms with Crippen molar-refractivity contribution in [3.63, 3.8) is 0 Å². The Bertz CT molecular complexity index is 599. The molecule has 1 amide bonds.